The number of benzene rings is 1. The molecule has 3 rings (SSSR count). The van der Waals surface area contributed by atoms with E-state index >= 15 is 0 Å². The van der Waals surface area contributed by atoms with Crippen LogP contribution < -0.4 is 4.90 Å². The zero-order valence-corrected chi connectivity index (χ0v) is 14.0. The quantitative estimate of drug-likeness (QED) is 0.865. The number of aromatic nitrogens is 1. The van der Waals surface area contributed by atoms with Crippen molar-refractivity contribution in [3.63, 3.8) is 0 Å². The molecule has 22 heavy (non-hydrogen) atoms. The average Bonchev–Trinajstić information content (AvgIpc) is 2.92. The molecule has 1 aromatic carbocycles. The SMILES string of the molecule is Cc1cnc(CC(=O)N2CCN(c3cccc(Cl)c3)CC2)s1. The second-order valence-corrected chi connectivity index (χ2v) is 7.14. The van der Waals surface area contributed by atoms with Gasteiger partial charge in [-0.15, -0.1) is 11.3 Å². The van der Waals surface area contributed by atoms with Gasteiger partial charge in [-0.25, -0.2) is 4.98 Å². The summed E-state index contributed by atoms with van der Waals surface area (Å²) in [5.74, 6) is 0.167. The molecule has 1 fully saturated rings. The molecule has 0 spiro atoms. The van der Waals surface area contributed by atoms with Crippen molar-refractivity contribution in [1.82, 2.24) is 9.88 Å². The largest absolute Gasteiger partial charge is 0.368 e. The van der Waals surface area contributed by atoms with Crippen LogP contribution in [0.4, 0.5) is 5.69 Å². The molecular weight excluding hydrogens is 318 g/mol. The van der Waals surface area contributed by atoms with Gasteiger partial charge < -0.3 is 9.80 Å². The van der Waals surface area contributed by atoms with Crippen molar-refractivity contribution in [3.05, 3.63) is 45.4 Å². The Kier molecular flexibility index (Phi) is 4.64. The van der Waals surface area contributed by atoms with Gasteiger partial charge in [-0.2, -0.15) is 0 Å². The lowest BCUT2D eigenvalue weighted by Crippen LogP contribution is -2.49. The first-order valence-corrected chi connectivity index (χ1v) is 8.51. The van der Waals surface area contributed by atoms with Crippen LogP contribution in [0.1, 0.15) is 9.88 Å². The minimum atomic E-state index is 0.167. The fourth-order valence-corrected chi connectivity index (χ4v) is 3.57. The fraction of sp³-hybridized carbons (Fsp3) is 0.375. The van der Waals surface area contributed by atoms with E-state index in [1.807, 2.05) is 36.2 Å². The Labute approximate surface area is 139 Å². The third kappa shape index (κ3) is 3.59. The van der Waals surface area contributed by atoms with Crippen LogP contribution in [0.15, 0.2) is 30.5 Å². The van der Waals surface area contributed by atoms with Crippen LogP contribution in [-0.2, 0) is 11.2 Å². The van der Waals surface area contributed by atoms with E-state index in [0.717, 1.165) is 46.8 Å². The van der Waals surface area contributed by atoms with E-state index < -0.39 is 0 Å². The molecule has 116 valence electrons. The van der Waals surface area contributed by atoms with Crippen LogP contribution in [-0.4, -0.2) is 42.0 Å². The molecule has 0 unspecified atom stereocenters. The Hall–Kier alpha value is -1.59. The summed E-state index contributed by atoms with van der Waals surface area (Å²) in [6, 6.07) is 7.86. The highest BCUT2D eigenvalue weighted by molar-refractivity contribution is 7.11. The molecule has 2 aromatic rings. The number of piperazine rings is 1. The van der Waals surface area contributed by atoms with E-state index in [4.69, 9.17) is 11.6 Å². The van der Waals surface area contributed by atoms with Crippen molar-refractivity contribution >= 4 is 34.5 Å². The molecule has 4 nitrogen and oxygen atoms in total. The maximum atomic E-state index is 12.3. The number of halogens is 1. The fourth-order valence-electron chi connectivity index (χ4n) is 2.61. The summed E-state index contributed by atoms with van der Waals surface area (Å²) in [5, 5.41) is 1.65. The molecule has 0 saturated carbocycles. The summed E-state index contributed by atoms with van der Waals surface area (Å²) in [6.07, 6.45) is 2.24. The van der Waals surface area contributed by atoms with E-state index in [9.17, 15) is 4.79 Å². The molecule has 1 aliphatic rings. The molecule has 1 aliphatic heterocycles. The van der Waals surface area contributed by atoms with Gasteiger partial charge in [0.25, 0.3) is 0 Å². The molecule has 0 N–H and O–H groups in total. The summed E-state index contributed by atoms with van der Waals surface area (Å²) >= 11 is 7.63. The number of nitrogens with zero attached hydrogens (tertiary/aromatic N) is 3. The highest BCUT2D eigenvalue weighted by atomic mass is 35.5. The molecule has 0 aliphatic carbocycles. The number of anilines is 1. The first kappa shape index (κ1) is 15.3. The standard InChI is InChI=1S/C16H18ClN3OS/c1-12-11-18-15(22-12)10-16(21)20-7-5-19(6-8-20)14-4-2-3-13(17)9-14/h2-4,9,11H,5-8,10H2,1H3. The summed E-state index contributed by atoms with van der Waals surface area (Å²) < 4.78 is 0. The summed E-state index contributed by atoms with van der Waals surface area (Å²) in [4.78, 5) is 21.9. The number of hydrogen-bond acceptors (Lipinski definition) is 4. The second-order valence-electron chi connectivity index (χ2n) is 5.39. The van der Waals surface area contributed by atoms with Crippen LogP contribution in [0.2, 0.25) is 5.02 Å². The number of aryl methyl sites for hydroxylation is 1. The number of carbonyl (C=O) groups is 1. The van der Waals surface area contributed by atoms with Crippen molar-refractivity contribution in [2.24, 2.45) is 0 Å². The molecule has 0 bridgehead atoms. The number of hydrogen-bond donors (Lipinski definition) is 0. The number of carbonyl (C=O) groups excluding carboxylic acids is 1. The zero-order valence-electron chi connectivity index (χ0n) is 12.5. The lowest BCUT2D eigenvalue weighted by Gasteiger charge is -2.36. The molecule has 6 heteroatoms. The Morgan fingerprint density at radius 3 is 2.73 bits per heavy atom. The smallest absolute Gasteiger partial charge is 0.229 e. The van der Waals surface area contributed by atoms with Crippen LogP contribution in [0.5, 0.6) is 0 Å². The van der Waals surface area contributed by atoms with Crippen LogP contribution in [0, 0.1) is 6.92 Å². The Balaban J connectivity index is 1.56. The highest BCUT2D eigenvalue weighted by Gasteiger charge is 2.22. The molecule has 2 heterocycles. The lowest BCUT2D eigenvalue weighted by molar-refractivity contribution is -0.130. The molecule has 1 aromatic heterocycles. The number of amides is 1. The minimum Gasteiger partial charge on any atom is -0.368 e. The Bertz CT molecular complexity index is 665. The van der Waals surface area contributed by atoms with Gasteiger partial charge in [0, 0.05) is 48.0 Å². The highest BCUT2D eigenvalue weighted by Crippen LogP contribution is 2.21. The lowest BCUT2D eigenvalue weighted by atomic mass is 10.2. The Morgan fingerprint density at radius 1 is 1.32 bits per heavy atom. The molecule has 1 amide bonds. The van der Waals surface area contributed by atoms with Gasteiger partial charge in [0.2, 0.25) is 5.91 Å². The summed E-state index contributed by atoms with van der Waals surface area (Å²) in [7, 11) is 0. The van der Waals surface area contributed by atoms with Gasteiger partial charge in [0.15, 0.2) is 0 Å². The predicted octanol–water partition coefficient (Wildman–Crippen LogP) is 3.00. The number of thiazole rings is 1. The van der Waals surface area contributed by atoms with Crippen molar-refractivity contribution in [2.45, 2.75) is 13.3 Å². The van der Waals surface area contributed by atoms with Gasteiger partial charge in [-0.1, -0.05) is 17.7 Å². The van der Waals surface area contributed by atoms with E-state index in [1.165, 1.54) is 0 Å². The zero-order chi connectivity index (χ0) is 15.5. The maximum absolute atomic E-state index is 12.3. The van der Waals surface area contributed by atoms with Gasteiger partial charge in [-0.3, -0.25) is 4.79 Å². The van der Waals surface area contributed by atoms with Crippen LogP contribution >= 0.6 is 22.9 Å². The molecule has 0 radical (unpaired) electrons. The normalized spacial score (nSPS) is 15.2. The van der Waals surface area contributed by atoms with Gasteiger partial charge in [0.1, 0.15) is 5.01 Å². The summed E-state index contributed by atoms with van der Waals surface area (Å²) in [6.45, 7) is 5.17. The topological polar surface area (TPSA) is 36.4 Å². The van der Waals surface area contributed by atoms with Crippen LogP contribution in [0.3, 0.4) is 0 Å². The monoisotopic (exact) mass is 335 g/mol. The second kappa shape index (κ2) is 6.67. The summed E-state index contributed by atoms with van der Waals surface area (Å²) in [5.41, 5.74) is 1.12. The van der Waals surface area contributed by atoms with E-state index in [0.29, 0.717) is 6.42 Å². The van der Waals surface area contributed by atoms with Gasteiger partial charge in [-0.05, 0) is 25.1 Å². The number of rotatable bonds is 3. The minimum absolute atomic E-state index is 0.167. The Morgan fingerprint density at radius 2 is 2.09 bits per heavy atom. The van der Waals surface area contributed by atoms with Crippen molar-refractivity contribution in [1.29, 1.82) is 0 Å². The van der Waals surface area contributed by atoms with Crippen molar-refractivity contribution < 1.29 is 4.79 Å². The van der Waals surface area contributed by atoms with Crippen molar-refractivity contribution in [2.75, 3.05) is 31.1 Å². The first-order chi connectivity index (χ1) is 10.6. The molecular formula is C16H18ClN3OS. The molecule has 1 saturated heterocycles. The average molecular weight is 336 g/mol. The van der Waals surface area contributed by atoms with Crippen LogP contribution in [0.25, 0.3) is 0 Å². The predicted molar refractivity (Wildman–Crippen MR) is 90.8 cm³/mol. The van der Waals surface area contributed by atoms with Gasteiger partial charge in [0.05, 0.1) is 6.42 Å². The molecule has 0 atom stereocenters. The van der Waals surface area contributed by atoms with E-state index in [1.54, 1.807) is 11.3 Å². The van der Waals surface area contributed by atoms with Crippen molar-refractivity contribution in [3.8, 4) is 0 Å². The maximum Gasteiger partial charge on any atom is 0.229 e. The van der Waals surface area contributed by atoms with E-state index in [2.05, 4.69) is 16.0 Å². The third-order valence-electron chi connectivity index (χ3n) is 3.78. The third-order valence-corrected chi connectivity index (χ3v) is 4.93. The first-order valence-electron chi connectivity index (χ1n) is 7.31. The van der Waals surface area contributed by atoms with E-state index in [-0.39, 0.29) is 5.91 Å². The van der Waals surface area contributed by atoms with Gasteiger partial charge >= 0.3 is 0 Å².